The van der Waals surface area contributed by atoms with E-state index >= 15 is 0 Å². The van der Waals surface area contributed by atoms with Gasteiger partial charge in [0.2, 0.25) is 0 Å². The van der Waals surface area contributed by atoms with Crippen LogP contribution in [0.4, 0.5) is 5.69 Å². The second kappa shape index (κ2) is 9.60. The van der Waals surface area contributed by atoms with Crippen molar-refractivity contribution in [2.45, 2.75) is 39.2 Å². The topological polar surface area (TPSA) is 47.6 Å². The van der Waals surface area contributed by atoms with E-state index < -0.39 is 6.10 Å². The molecule has 2 aromatic rings. The van der Waals surface area contributed by atoms with E-state index in [-0.39, 0.29) is 5.91 Å². The van der Waals surface area contributed by atoms with E-state index in [2.05, 4.69) is 12.2 Å². The summed E-state index contributed by atoms with van der Waals surface area (Å²) in [7, 11) is 0. The molecule has 2 aromatic carbocycles. The highest BCUT2D eigenvalue weighted by Gasteiger charge is 2.18. The first-order valence-corrected chi connectivity index (χ1v) is 8.48. The van der Waals surface area contributed by atoms with E-state index in [1.54, 1.807) is 0 Å². The predicted octanol–water partition coefficient (Wildman–Crippen LogP) is 4.66. The molecule has 0 aliphatic carbocycles. The zero-order valence-corrected chi connectivity index (χ0v) is 14.3. The maximum absolute atomic E-state index is 12.4. The van der Waals surface area contributed by atoms with Crippen molar-refractivity contribution in [1.82, 2.24) is 0 Å². The number of para-hydroxylation sites is 1. The Balaban J connectivity index is 1.90. The lowest BCUT2D eigenvalue weighted by molar-refractivity contribution is -0.122. The number of anilines is 1. The van der Waals surface area contributed by atoms with E-state index in [0.29, 0.717) is 18.8 Å². The molecule has 0 fully saturated rings. The normalized spacial score (nSPS) is 11.6. The fraction of sp³-hybridized carbons (Fsp3) is 0.350. The Morgan fingerprint density at radius 2 is 1.71 bits per heavy atom. The highest BCUT2D eigenvalue weighted by Crippen LogP contribution is 2.18. The Labute approximate surface area is 143 Å². The Kier molecular flexibility index (Phi) is 7.15. The highest BCUT2D eigenvalue weighted by molar-refractivity contribution is 5.94. The summed E-state index contributed by atoms with van der Waals surface area (Å²) in [5, 5.41) is 2.89. The third-order valence-corrected chi connectivity index (χ3v) is 3.57. The molecular weight excluding hydrogens is 302 g/mol. The van der Waals surface area contributed by atoms with Crippen molar-refractivity contribution in [2.24, 2.45) is 0 Å². The first-order chi connectivity index (χ1) is 11.7. The number of nitrogens with one attached hydrogen (secondary N) is 1. The quantitative estimate of drug-likeness (QED) is 0.681. The number of carbonyl (C=O) groups is 1. The van der Waals surface area contributed by atoms with Gasteiger partial charge >= 0.3 is 0 Å². The van der Waals surface area contributed by atoms with Crippen LogP contribution in [0.2, 0.25) is 0 Å². The first kappa shape index (κ1) is 17.9. The van der Waals surface area contributed by atoms with Crippen LogP contribution in [-0.4, -0.2) is 18.6 Å². The molecular formula is C20H25NO3. The van der Waals surface area contributed by atoms with Gasteiger partial charge < -0.3 is 14.8 Å². The number of hydrogen-bond donors (Lipinski definition) is 1. The van der Waals surface area contributed by atoms with Gasteiger partial charge in [-0.15, -0.1) is 0 Å². The van der Waals surface area contributed by atoms with Crippen LogP contribution in [0.1, 0.15) is 33.1 Å². The van der Waals surface area contributed by atoms with E-state index in [0.717, 1.165) is 24.3 Å². The van der Waals surface area contributed by atoms with Crippen molar-refractivity contribution >= 4 is 11.6 Å². The molecule has 0 radical (unpaired) electrons. The molecule has 0 heterocycles. The molecule has 2 rings (SSSR count). The van der Waals surface area contributed by atoms with Crippen LogP contribution in [-0.2, 0) is 4.79 Å². The van der Waals surface area contributed by atoms with E-state index in [4.69, 9.17) is 9.47 Å². The third kappa shape index (κ3) is 5.61. The van der Waals surface area contributed by atoms with Crippen LogP contribution in [0.15, 0.2) is 54.6 Å². The number of hydrogen-bond acceptors (Lipinski definition) is 3. The van der Waals surface area contributed by atoms with E-state index in [1.165, 1.54) is 0 Å². The largest absolute Gasteiger partial charge is 0.494 e. The van der Waals surface area contributed by atoms with Crippen molar-refractivity contribution < 1.29 is 14.3 Å². The monoisotopic (exact) mass is 327 g/mol. The van der Waals surface area contributed by atoms with Gasteiger partial charge in [-0.1, -0.05) is 38.5 Å². The molecule has 0 aromatic heterocycles. The van der Waals surface area contributed by atoms with Gasteiger partial charge in [0.15, 0.2) is 6.10 Å². The fourth-order valence-corrected chi connectivity index (χ4v) is 2.18. The number of rotatable bonds is 9. The Bertz CT molecular complexity index is 611. The van der Waals surface area contributed by atoms with Gasteiger partial charge in [0, 0.05) is 5.69 Å². The summed E-state index contributed by atoms with van der Waals surface area (Å²) < 4.78 is 11.4. The lowest BCUT2D eigenvalue weighted by atomic mass is 10.2. The smallest absolute Gasteiger partial charge is 0.265 e. The van der Waals surface area contributed by atoms with Crippen LogP contribution in [0.5, 0.6) is 11.5 Å². The zero-order chi connectivity index (χ0) is 17.2. The fourth-order valence-electron chi connectivity index (χ4n) is 2.18. The minimum atomic E-state index is -0.520. The summed E-state index contributed by atoms with van der Waals surface area (Å²) in [6.45, 7) is 4.77. The summed E-state index contributed by atoms with van der Waals surface area (Å²) in [6, 6.07) is 16.8. The molecule has 0 aliphatic heterocycles. The molecule has 4 nitrogen and oxygen atoms in total. The number of carbonyl (C=O) groups excluding carboxylic acids is 1. The number of ether oxygens (including phenoxy) is 2. The molecule has 0 spiro atoms. The SMILES string of the molecule is CCCCOc1ccc(NC(=O)[C@H](CC)Oc2ccccc2)cc1. The van der Waals surface area contributed by atoms with Crippen molar-refractivity contribution in [3.8, 4) is 11.5 Å². The summed E-state index contributed by atoms with van der Waals surface area (Å²) in [6.07, 6.45) is 2.22. The highest BCUT2D eigenvalue weighted by atomic mass is 16.5. The van der Waals surface area contributed by atoms with Crippen molar-refractivity contribution in [2.75, 3.05) is 11.9 Å². The molecule has 1 amide bonds. The van der Waals surface area contributed by atoms with Crippen molar-refractivity contribution in [3.63, 3.8) is 0 Å². The Morgan fingerprint density at radius 1 is 1.00 bits per heavy atom. The second-order valence-electron chi connectivity index (χ2n) is 5.54. The van der Waals surface area contributed by atoms with Crippen molar-refractivity contribution in [1.29, 1.82) is 0 Å². The molecule has 4 heteroatoms. The molecule has 0 saturated heterocycles. The van der Waals surface area contributed by atoms with Crippen LogP contribution in [0.25, 0.3) is 0 Å². The lowest BCUT2D eigenvalue weighted by Gasteiger charge is -2.17. The number of unbranched alkanes of at least 4 members (excludes halogenated alkanes) is 1. The molecule has 128 valence electrons. The molecule has 1 N–H and O–H groups in total. The molecule has 0 saturated carbocycles. The second-order valence-corrected chi connectivity index (χ2v) is 5.54. The Morgan fingerprint density at radius 3 is 2.33 bits per heavy atom. The minimum absolute atomic E-state index is 0.152. The van der Waals surface area contributed by atoms with Gasteiger partial charge in [-0.2, -0.15) is 0 Å². The maximum Gasteiger partial charge on any atom is 0.265 e. The lowest BCUT2D eigenvalue weighted by Crippen LogP contribution is -2.32. The van der Waals surface area contributed by atoms with Gasteiger partial charge in [0.25, 0.3) is 5.91 Å². The molecule has 0 unspecified atom stereocenters. The molecule has 24 heavy (non-hydrogen) atoms. The average Bonchev–Trinajstić information content (AvgIpc) is 2.62. The third-order valence-electron chi connectivity index (χ3n) is 3.57. The van der Waals surface area contributed by atoms with E-state index in [9.17, 15) is 4.79 Å². The zero-order valence-electron chi connectivity index (χ0n) is 14.3. The van der Waals surface area contributed by atoms with Crippen LogP contribution >= 0.6 is 0 Å². The maximum atomic E-state index is 12.4. The molecule has 0 bridgehead atoms. The van der Waals surface area contributed by atoms with Gasteiger partial charge in [-0.3, -0.25) is 4.79 Å². The van der Waals surface area contributed by atoms with E-state index in [1.807, 2.05) is 61.5 Å². The summed E-state index contributed by atoms with van der Waals surface area (Å²) >= 11 is 0. The van der Waals surface area contributed by atoms with Crippen molar-refractivity contribution in [3.05, 3.63) is 54.6 Å². The average molecular weight is 327 g/mol. The van der Waals surface area contributed by atoms with Crippen LogP contribution < -0.4 is 14.8 Å². The first-order valence-electron chi connectivity index (χ1n) is 8.48. The number of amides is 1. The summed E-state index contributed by atoms with van der Waals surface area (Å²) in [4.78, 5) is 12.4. The molecule has 0 aliphatic rings. The van der Waals surface area contributed by atoms with Gasteiger partial charge in [0.05, 0.1) is 6.61 Å². The van der Waals surface area contributed by atoms with Crippen LogP contribution in [0, 0.1) is 0 Å². The van der Waals surface area contributed by atoms with Gasteiger partial charge in [-0.05, 0) is 49.2 Å². The molecule has 1 atom stereocenters. The minimum Gasteiger partial charge on any atom is -0.494 e. The predicted molar refractivity (Wildman–Crippen MR) is 96.6 cm³/mol. The Hall–Kier alpha value is -2.49. The van der Waals surface area contributed by atoms with Crippen LogP contribution in [0.3, 0.4) is 0 Å². The summed E-state index contributed by atoms with van der Waals surface area (Å²) in [5.41, 5.74) is 0.734. The standard InChI is InChI=1S/C20H25NO3/c1-3-5-15-23-17-13-11-16(12-14-17)21-20(22)19(4-2)24-18-9-7-6-8-10-18/h6-14,19H,3-5,15H2,1-2H3,(H,21,22)/t19-/m0/s1. The number of benzene rings is 2. The summed E-state index contributed by atoms with van der Waals surface area (Å²) in [5.74, 6) is 1.36. The van der Waals surface area contributed by atoms with Gasteiger partial charge in [-0.25, -0.2) is 0 Å². The van der Waals surface area contributed by atoms with Gasteiger partial charge in [0.1, 0.15) is 11.5 Å².